The third-order valence-electron chi connectivity index (χ3n) is 8.96. The van der Waals surface area contributed by atoms with Gasteiger partial charge in [-0.05, 0) is 86.5 Å². The quantitative estimate of drug-likeness (QED) is 0.718. The van der Waals surface area contributed by atoms with Gasteiger partial charge in [-0.15, -0.1) is 0 Å². The van der Waals surface area contributed by atoms with Crippen LogP contribution < -0.4 is 0 Å². The van der Waals surface area contributed by atoms with Crippen molar-refractivity contribution < 1.29 is 15.0 Å². The van der Waals surface area contributed by atoms with Crippen molar-refractivity contribution in [3.63, 3.8) is 0 Å². The van der Waals surface area contributed by atoms with Gasteiger partial charge in [-0.25, -0.2) is 0 Å². The molecule has 2 unspecified atom stereocenters. The summed E-state index contributed by atoms with van der Waals surface area (Å²) in [4.78, 5) is 12.0. The summed E-state index contributed by atoms with van der Waals surface area (Å²) in [5, 5.41) is 20.7. The molecule has 128 valence electrons. The van der Waals surface area contributed by atoms with Crippen LogP contribution in [0.25, 0.3) is 0 Å². The Balaban J connectivity index is 1.73. The zero-order valence-electron chi connectivity index (χ0n) is 14.7. The van der Waals surface area contributed by atoms with Crippen LogP contribution in [0, 0.1) is 34.0 Å². The van der Waals surface area contributed by atoms with Gasteiger partial charge < -0.3 is 10.2 Å². The second-order valence-corrected chi connectivity index (χ2v) is 9.68. The Hall–Kier alpha value is -0.830. The van der Waals surface area contributed by atoms with Crippen LogP contribution in [-0.2, 0) is 4.79 Å². The Morgan fingerprint density at radius 1 is 1.13 bits per heavy atom. The van der Waals surface area contributed by atoms with Crippen molar-refractivity contribution in [3.05, 3.63) is 12.2 Å². The SMILES string of the molecule is C=C1C[C@@]23CC[C@H]4[C@@](C)(CCC[C@@]4(C)C(=O)O)[C@@H]2CC3C1(C)O. The van der Waals surface area contributed by atoms with Crippen LogP contribution in [0.1, 0.15) is 65.7 Å². The average molecular weight is 318 g/mol. The summed E-state index contributed by atoms with van der Waals surface area (Å²) in [5.41, 5.74) is 0.0231. The van der Waals surface area contributed by atoms with Gasteiger partial charge in [0, 0.05) is 0 Å². The third-order valence-corrected chi connectivity index (χ3v) is 8.96. The molecule has 4 aliphatic rings. The van der Waals surface area contributed by atoms with Crippen LogP contribution in [0.3, 0.4) is 0 Å². The molecule has 3 heteroatoms. The number of carbonyl (C=O) groups is 1. The van der Waals surface area contributed by atoms with E-state index in [4.69, 9.17) is 0 Å². The molecule has 7 atom stereocenters. The normalized spacial score (nSPS) is 57.9. The summed E-state index contributed by atoms with van der Waals surface area (Å²) < 4.78 is 0. The predicted molar refractivity (Wildman–Crippen MR) is 88.8 cm³/mol. The van der Waals surface area contributed by atoms with Crippen molar-refractivity contribution in [2.24, 2.45) is 34.0 Å². The van der Waals surface area contributed by atoms with Crippen LogP contribution in [0.2, 0.25) is 0 Å². The fourth-order valence-electron chi connectivity index (χ4n) is 7.66. The molecule has 1 spiro atoms. The van der Waals surface area contributed by atoms with Crippen molar-refractivity contribution in [2.45, 2.75) is 71.3 Å². The van der Waals surface area contributed by atoms with E-state index in [1.807, 2.05) is 13.8 Å². The second-order valence-electron chi connectivity index (χ2n) is 9.68. The highest BCUT2D eigenvalue weighted by molar-refractivity contribution is 5.75. The first-order valence-corrected chi connectivity index (χ1v) is 9.23. The number of hydrogen-bond donors (Lipinski definition) is 2. The smallest absolute Gasteiger partial charge is 0.309 e. The number of carboxylic acids is 1. The summed E-state index contributed by atoms with van der Waals surface area (Å²) in [5.74, 6) is 0.562. The molecule has 0 heterocycles. The number of rotatable bonds is 1. The molecule has 2 N–H and O–H groups in total. The van der Waals surface area contributed by atoms with E-state index in [-0.39, 0.29) is 16.7 Å². The Kier molecular flexibility index (Phi) is 2.88. The van der Waals surface area contributed by atoms with E-state index >= 15 is 0 Å². The summed E-state index contributed by atoms with van der Waals surface area (Å²) in [6, 6.07) is 0. The van der Waals surface area contributed by atoms with Gasteiger partial charge in [-0.2, -0.15) is 0 Å². The van der Waals surface area contributed by atoms with Crippen molar-refractivity contribution in [1.82, 2.24) is 0 Å². The van der Waals surface area contributed by atoms with Gasteiger partial charge in [0.05, 0.1) is 11.0 Å². The molecule has 0 radical (unpaired) electrons. The van der Waals surface area contributed by atoms with Gasteiger partial charge in [-0.1, -0.05) is 19.9 Å². The molecule has 4 saturated carbocycles. The molecular weight excluding hydrogens is 288 g/mol. The first kappa shape index (κ1) is 15.7. The van der Waals surface area contributed by atoms with Crippen molar-refractivity contribution in [3.8, 4) is 0 Å². The minimum atomic E-state index is -0.718. The van der Waals surface area contributed by atoms with Crippen molar-refractivity contribution >= 4 is 5.97 Å². The molecule has 0 aliphatic heterocycles. The number of hydrogen-bond acceptors (Lipinski definition) is 2. The van der Waals surface area contributed by atoms with E-state index in [1.54, 1.807) is 0 Å². The fourth-order valence-corrected chi connectivity index (χ4v) is 7.66. The summed E-state index contributed by atoms with van der Waals surface area (Å²) in [6.07, 6.45) is 7.04. The second kappa shape index (κ2) is 4.22. The minimum Gasteiger partial charge on any atom is -0.481 e. The third kappa shape index (κ3) is 1.58. The van der Waals surface area contributed by atoms with Crippen molar-refractivity contribution in [1.29, 1.82) is 0 Å². The molecule has 3 nitrogen and oxygen atoms in total. The summed E-state index contributed by atoms with van der Waals surface area (Å²) in [7, 11) is 0. The van der Waals surface area contributed by atoms with E-state index in [0.29, 0.717) is 11.8 Å². The number of carboxylic acid groups (broad SMARTS) is 1. The molecule has 4 aliphatic carbocycles. The lowest BCUT2D eigenvalue weighted by atomic mass is 9.34. The molecule has 0 aromatic rings. The number of aliphatic carboxylic acids is 1. The number of aliphatic hydroxyl groups is 1. The highest BCUT2D eigenvalue weighted by atomic mass is 16.4. The molecule has 4 fully saturated rings. The van der Waals surface area contributed by atoms with E-state index in [9.17, 15) is 15.0 Å². The zero-order valence-corrected chi connectivity index (χ0v) is 14.7. The van der Waals surface area contributed by atoms with Gasteiger partial charge in [0.1, 0.15) is 0 Å². The van der Waals surface area contributed by atoms with Crippen LogP contribution in [0.5, 0.6) is 0 Å². The summed E-state index contributed by atoms with van der Waals surface area (Å²) in [6.45, 7) is 10.5. The number of fused-ring (bicyclic) bond motifs is 2. The van der Waals surface area contributed by atoms with Gasteiger partial charge in [0.25, 0.3) is 0 Å². The Morgan fingerprint density at radius 2 is 1.83 bits per heavy atom. The molecular formula is C20H30O3. The largest absolute Gasteiger partial charge is 0.481 e. The Labute approximate surface area is 139 Å². The van der Waals surface area contributed by atoms with Gasteiger partial charge >= 0.3 is 5.97 Å². The van der Waals surface area contributed by atoms with Crippen LogP contribution in [0.4, 0.5) is 0 Å². The van der Waals surface area contributed by atoms with Crippen molar-refractivity contribution in [2.75, 3.05) is 0 Å². The molecule has 4 rings (SSSR count). The van der Waals surface area contributed by atoms with E-state index in [2.05, 4.69) is 13.5 Å². The van der Waals surface area contributed by atoms with Gasteiger partial charge in [0.2, 0.25) is 0 Å². The molecule has 23 heavy (non-hydrogen) atoms. The molecule has 0 aromatic heterocycles. The Bertz CT molecular complexity index is 594. The molecule has 0 amide bonds. The monoisotopic (exact) mass is 318 g/mol. The maximum absolute atomic E-state index is 12.0. The summed E-state index contributed by atoms with van der Waals surface area (Å²) >= 11 is 0. The predicted octanol–water partition coefficient (Wildman–Crippen LogP) is 4.01. The van der Waals surface area contributed by atoms with Crippen LogP contribution >= 0.6 is 0 Å². The minimum absolute atomic E-state index is 0.112. The lowest BCUT2D eigenvalue weighted by Gasteiger charge is -2.69. The highest BCUT2D eigenvalue weighted by Gasteiger charge is 2.74. The first-order valence-electron chi connectivity index (χ1n) is 9.23. The van der Waals surface area contributed by atoms with E-state index < -0.39 is 17.0 Å². The standard InChI is InChI=1S/C20H30O3/c1-12-11-20-9-6-13-17(2,7-5-8-18(13,3)16(21)22)14(20)10-15(20)19(12,4)23/h13-15,23H,1,5-11H2,2-4H3,(H,21,22)/t13-,14-,15?,17+,18+,19?,20-/m0/s1. The zero-order chi connectivity index (χ0) is 16.8. The molecule has 0 bridgehead atoms. The topological polar surface area (TPSA) is 57.5 Å². The van der Waals surface area contributed by atoms with E-state index in [0.717, 1.165) is 50.5 Å². The molecule has 0 aromatic carbocycles. The lowest BCUT2D eigenvalue weighted by molar-refractivity contribution is -0.233. The fraction of sp³-hybridized carbons (Fsp3) is 0.850. The maximum atomic E-state index is 12.0. The van der Waals surface area contributed by atoms with E-state index in [1.165, 1.54) is 0 Å². The first-order chi connectivity index (χ1) is 10.6. The average Bonchev–Trinajstić information content (AvgIpc) is 2.54. The van der Waals surface area contributed by atoms with Crippen LogP contribution in [-0.4, -0.2) is 21.8 Å². The van der Waals surface area contributed by atoms with Gasteiger partial charge in [0.15, 0.2) is 0 Å². The Morgan fingerprint density at radius 3 is 2.43 bits per heavy atom. The maximum Gasteiger partial charge on any atom is 0.309 e. The molecule has 0 saturated heterocycles. The highest BCUT2D eigenvalue weighted by Crippen LogP contribution is 2.78. The lowest BCUT2D eigenvalue weighted by Crippen LogP contribution is -2.65. The van der Waals surface area contributed by atoms with Crippen LogP contribution in [0.15, 0.2) is 12.2 Å². The van der Waals surface area contributed by atoms with Gasteiger partial charge in [-0.3, -0.25) is 4.79 Å².